The zero-order valence-electron chi connectivity index (χ0n) is 19.3. The van der Waals surface area contributed by atoms with Gasteiger partial charge >= 0.3 is 12.1 Å². The van der Waals surface area contributed by atoms with Crippen LogP contribution in [0.2, 0.25) is 0 Å². The Balaban J connectivity index is 2.17. The first-order valence-electron chi connectivity index (χ1n) is 10.3. The molecule has 1 aliphatic heterocycles. The van der Waals surface area contributed by atoms with Crippen LogP contribution < -0.4 is 5.32 Å². The van der Waals surface area contributed by atoms with E-state index in [1.807, 2.05) is 30.3 Å². The van der Waals surface area contributed by atoms with Gasteiger partial charge in [0.05, 0.1) is 19.8 Å². The molecule has 0 bridgehead atoms. The fourth-order valence-corrected chi connectivity index (χ4v) is 3.49. The molecule has 0 aliphatic carbocycles. The minimum Gasteiger partial charge on any atom is -0.467 e. The molecule has 0 unspecified atom stereocenters. The number of thiocarbonyl (C=S) groups is 1. The number of rotatable bonds is 6. The van der Waals surface area contributed by atoms with Crippen molar-refractivity contribution < 1.29 is 28.2 Å². The van der Waals surface area contributed by atoms with E-state index in [9.17, 15) is 9.59 Å². The van der Waals surface area contributed by atoms with E-state index in [1.54, 1.807) is 34.6 Å². The zero-order chi connectivity index (χ0) is 24.1. The van der Waals surface area contributed by atoms with E-state index < -0.39 is 41.3 Å². The molecule has 1 amide bonds. The predicted octanol–water partition coefficient (Wildman–Crippen LogP) is 3.91. The fraction of sp³-hybridized carbons (Fsp3) is 0.522. The van der Waals surface area contributed by atoms with Crippen LogP contribution in [0.3, 0.4) is 0 Å². The Kier molecular flexibility index (Phi) is 8.36. The number of hydrogen-bond acceptors (Lipinski definition) is 6. The maximum absolute atomic E-state index is 15.0. The number of benzene rings is 1. The first kappa shape index (κ1) is 25.7. The number of nitrogens with one attached hydrogen (secondary N) is 1. The van der Waals surface area contributed by atoms with Crippen LogP contribution in [0, 0.1) is 0 Å². The van der Waals surface area contributed by atoms with Crippen LogP contribution in [-0.4, -0.2) is 59.1 Å². The molecule has 9 heteroatoms. The Morgan fingerprint density at radius 1 is 1.34 bits per heavy atom. The number of carbonyl (C=O) groups is 2. The van der Waals surface area contributed by atoms with Gasteiger partial charge in [0.25, 0.3) is 0 Å². The highest BCUT2D eigenvalue weighted by molar-refractivity contribution is 7.80. The molecule has 2 rings (SSSR count). The van der Waals surface area contributed by atoms with Gasteiger partial charge in [-0.2, -0.15) is 0 Å². The topological polar surface area (TPSA) is 77.1 Å². The summed E-state index contributed by atoms with van der Waals surface area (Å²) in [6, 6.07) is 7.65. The highest BCUT2D eigenvalue weighted by Gasteiger charge is 2.45. The largest absolute Gasteiger partial charge is 0.467 e. The Bertz CT molecular complexity index is 867. The molecular formula is C23H31FN2O5S. The third kappa shape index (κ3) is 7.00. The summed E-state index contributed by atoms with van der Waals surface area (Å²) in [6.07, 6.45) is 0.847. The van der Waals surface area contributed by atoms with Crippen LogP contribution in [0.15, 0.2) is 42.2 Å². The van der Waals surface area contributed by atoms with Crippen molar-refractivity contribution in [3.8, 4) is 0 Å². The Morgan fingerprint density at radius 3 is 2.53 bits per heavy atom. The molecule has 1 fully saturated rings. The summed E-state index contributed by atoms with van der Waals surface area (Å²) in [5, 5.41) is 2.73. The summed E-state index contributed by atoms with van der Waals surface area (Å²) in [4.78, 5) is 26.0. The summed E-state index contributed by atoms with van der Waals surface area (Å²) in [5.74, 6) is -1.34. The monoisotopic (exact) mass is 466 g/mol. The second-order valence-corrected chi connectivity index (χ2v) is 9.34. The van der Waals surface area contributed by atoms with Crippen LogP contribution in [0.1, 0.15) is 40.2 Å². The third-order valence-electron chi connectivity index (χ3n) is 4.74. The summed E-state index contributed by atoms with van der Waals surface area (Å²) in [6.45, 7) is 8.72. The number of hydrogen-bond donors (Lipinski definition) is 1. The van der Waals surface area contributed by atoms with Crippen molar-refractivity contribution in [2.24, 2.45) is 0 Å². The molecule has 176 valence electrons. The molecule has 0 aromatic heterocycles. The van der Waals surface area contributed by atoms with Gasteiger partial charge in [-0.3, -0.25) is 4.90 Å². The van der Waals surface area contributed by atoms with Crippen LogP contribution >= 0.6 is 12.2 Å². The molecule has 0 radical (unpaired) electrons. The van der Waals surface area contributed by atoms with Crippen molar-refractivity contribution >= 4 is 29.3 Å². The number of carbonyl (C=O) groups excluding carboxylic acids is 2. The zero-order valence-corrected chi connectivity index (χ0v) is 20.1. The molecule has 1 aliphatic rings. The Morgan fingerprint density at radius 2 is 1.97 bits per heavy atom. The standard InChI is InChI=1S/C23H31FN2O5S/c1-22(2,3)31-21(28)26-16(14-30-23(26,4)5)13-17(24)19(32)25-18(20(27)29-6)12-15-10-8-7-9-11-15/h7-11,13,16,18H,12,14H2,1-6H3,(H,25,32)/b17-13+/t16-,18-/m1/s1. The van der Waals surface area contributed by atoms with Gasteiger partial charge in [-0.05, 0) is 46.3 Å². The normalized spacial score (nSPS) is 19.3. The first-order valence-corrected chi connectivity index (χ1v) is 10.7. The van der Waals surface area contributed by atoms with Crippen molar-refractivity contribution in [2.45, 2.75) is 64.4 Å². The smallest absolute Gasteiger partial charge is 0.413 e. The van der Waals surface area contributed by atoms with E-state index in [0.717, 1.165) is 5.56 Å². The van der Waals surface area contributed by atoms with Crippen molar-refractivity contribution in [3.05, 3.63) is 47.8 Å². The molecular weight excluding hydrogens is 435 g/mol. The molecule has 7 nitrogen and oxygen atoms in total. The van der Waals surface area contributed by atoms with Gasteiger partial charge in [0.15, 0.2) is 5.83 Å². The highest BCUT2D eigenvalue weighted by atomic mass is 32.1. The molecule has 2 atom stereocenters. The summed E-state index contributed by atoms with van der Waals surface area (Å²) in [5.41, 5.74) is -0.838. The lowest BCUT2D eigenvalue weighted by atomic mass is 10.1. The number of methoxy groups -OCH3 is 1. The number of nitrogens with zero attached hydrogens (tertiary/aromatic N) is 1. The fourth-order valence-electron chi connectivity index (χ4n) is 3.28. The van der Waals surface area contributed by atoms with Crippen molar-refractivity contribution in [2.75, 3.05) is 13.7 Å². The molecule has 1 heterocycles. The summed E-state index contributed by atoms with van der Waals surface area (Å²) in [7, 11) is 1.26. The maximum Gasteiger partial charge on any atom is 0.413 e. The highest BCUT2D eigenvalue weighted by Crippen LogP contribution is 2.30. The first-order chi connectivity index (χ1) is 14.8. The summed E-state index contributed by atoms with van der Waals surface area (Å²) < 4.78 is 31.0. The molecule has 1 aromatic rings. The van der Waals surface area contributed by atoms with E-state index in [0.29, 0.717) is 0 Å². The number of esters is 1. The summed E-state index contributed by atoms with van der Waals surface area (Å²) >= 11 is 5.18. The Hall–Kier alpha value is -2.52. The predicted molar refractivity (Wildman–Crippen MR) is 123 cm³/mol. The van der Waals surface area contributed by atoms with Crippen LogP contribution in [0.5, 0.6) is 0 Å². The van der Waals surface area contributed by atoms with Crippen molar-refractivity contribution in [1.29, 1.82) is 0 Å². The van der Waals surface area contributed by atoms with Gasteiger partial charge in [-0.15, -0.1) is 0 Å². The molecule has 1 saturated heterocycles. The van der Waals surface area contributed by atoms with Crippen molar-refractivity contribution in [1.82, 2.24) is 10.2 Å². The third-order valence-corrected chi connectivity index (χ3v) is 5.05. The van der Waals surface area contributed by atoms with E-state index in [-0.39, 0.29) is 18.0 Å². The van der Waals surface area contributed by atoms with Crippen LogP contribution in [0.4, 0.5) is 9.18 Å². The lowest BCUT2D eigenvalue weighted by molar-refractivity contribution is -0.142. The maximum atomic E-state index is 15.0. The SMILES string of the molecule is COC(=O)[C@@H](Cc1ccccc1)NC(=S)/C(F)=C\[C@@H]1COC(C)(C)N1C(=O)OC(C)(C)C. The van der Waals surface area contributed by atoms with E-state index in [2.05, 4.69) is 5.32 Å². The van der Waals surface area contributed by atoms with E-state index in [1.165, 1.54) is 18.1 Å². The van der Waals surface area contributed by atoms with E-state index >= 15 is 4.39 Å². The van der Waals surface area contributed by atoms with Crippen LogP contribution in [-0.2, 0) is 25.4 Å². The van der Waals surface area contributed by atoms with Crippen LogP contribution in [0.25, 0.3) is 0 Å². The average molecular weight is 467 g/mol. The Labute approximate surface area is 193 Å². The number of halogens is 1. The van der Waals surface area contributed by atoms with Gasteiger partial charge < -0.3 is 19.5 Å². The van der Waals surface area contributed by atoms with Gasteiger partial charge in [0, 0.05) is 6.42 Å². The molecule has 32 heavy (non-hydrogen) atoms. The molecule has 1 aromatic carbocycles. The quantitative estimate of drug-likeness (QED) is 0.387. The second-order valence-electron chi connectivity index (χ2n) is 8.93. The molecule has 0 spiro atoms. The van der Waals surface area contributed by atoms with Crippen molar-refractivity contribution in [3.63, 3.8) is 0 Å². The van der Waals surface area contributed by atoms with Gasteiger partial charge in [-0.25, -0.2) is 14.0 Å². The number of amides is 1. The van der Waals surface area contributed by atoms with Gasteiger partial charge in [0.1, 0.15) is 22.4 Å². The molecule has 0 saturated carbocycles. The molecule has 1 N–H and O–H groups in total. The lowest BCUT2D eigenvalue weighted by Crippen LogP contribution is -2.49. The second kappa shape index (κ2) is 10.4. The lowest BCUT2D eigenvalue weighted by Gasteiger charge is -2.34. The number of ether oxygens (including phenoxy) is 3. The minimum atomic E-state index is -0.985. The van der Waals surface area contributed by atoms with Gasteiger partial charge in [-0.1, -0.05) is 42.5 Å². The van der Waals surface area contributed by atoms with E-state index in [4.69, 9.17) is 26.4 Å². The van der Waals surface area contributed by atoms with Gasteiger partial charge in [0.2, 0.25) is 0 Å². The average Bonchev–Trinajstić information content (AvgIpc) is 3.00. The minimum absolute atomic E-state index is 0.0761.